The Morgan fingerprint density at radius 1 is 1.00 bits per heavy atom. The number of aliphatic hydroxyl groups is 1. The Labute approximate surface area is 258 Å². The fourth-order valence-electron chi connectivity index (χ4n) is 4.63. The van der Waals surface area contributed by atoms with Crippen LogP contribution in [0.5, 0.6) is 0 Å². The number of aryl methyl sites for hydroxylation is 1. The Morgan fingerprint density at radius 3 is 2.08 bits per heavy atom. The molecule has 0 amide bonds. The van der Waals surface area contributed by atoms with E-state index in [-0.39, 0.29) is 37.1 Å². The number of carbonyl (C=O) groups is 1. The second kappa shape index (κ2) is 13.9. The van der Waals surface area contributed by atoms with Crippen molar-refractivity contribution in [2.24, 2.45) is 0 Å². The number of fused-ring (bicyclic) bond motifs is 1. The van der Waals surface area contributed by atoms with Crippen molar-refractivity contribution < 1.29 is 30.0 Å². The van der Waals surface area contributed by atoms with Gasteiger partial charge in [-0.1, -0.05) is 79.7 Å². The summed E-state index contributed by atoms with van der Waals surface area (Å²) >= 11 is 1.86. The molecule has 1 radical (unpaired) electrons. The Hall–Kier alpha value is -2.59. The van der Waals surface area contributed by atoms with Crippen molar-refractivity contribution in [3.05, 3.63) is 88.8 Å². The number of ketones is 1. The van der Waals surface area contributed by atoms with Gasteiger partial charge in [0.2, 0.25) is 0 Å². The van der Waals surface area contributed by atoms with Crippen LogP contribution in [-0.4, -0.2) is 15.9 Å². The molecule has 5 heteroatoms. The molecular formula is C35H42IrNO2S-. The molecule has 0 unspecified atom stereocenters. The maximum atomic E-state index is 10.0. The molecule has 0 aliphatic rings. The van der Waals surface area contributed by atoms with Gasteiger partial charge in [-0.25, -0.2) is 0 Å². The molecule has 4 aromatic rings. The van der Waals surface area contributed by atoms with Gasteiger partial charge in [-0.3, -0.25) is 4.79 Å². The summed E-state index contributed by atoms with van der Waals surface area (Å²) in [5, 5.41) is 9.62. The van der Waals surface area contributed by atoms with Crippen LogP contribution in [-0.2, 0) is 30.3 Å². The first kappa shape index (κ1) is 33.6. The van der Waals surface area contributed by atoms with Crippen LogP contribution in [0.15, 0.2) is 60.5 Å². The number of nitrogens with zero attached hydrogens (tertiary/aromatic N) is 1. The van der Waals surface area contributed by atoms with Crippen LogP contribution in [0.3, 0.4) is 0 Å². The summed E-state index contributed by atoms with van der Waals surface area (Å²) in [7, 11) is 0. The van der Waals surface area contributed by atoms with E-state index in [1.807, 2.05) is 17.5 Å². The number of rotatable bonds is 5. The third-order valence-electron chi connectivity index (χ3n) is 6.58. The average Bonchev–Trinajstić information content (AvgIpc) is 3.25. The maximum absolute atomic E-state index is 10.0. The summed E-state index contributed by atoms with van der Waals surface area (Å²) in [6.45, 7) is 20.9. The van der Waals surface area contributed by atoms with Crippen molar-refractivity contribution in [3.63, 3.8) is 0 Å². The maximum Gasteiger partial charge on any atom is 0.155 e. The zero-order valence-electron chi connectivity index (χ0n) is 25.4. The quantitative estimate of drug-likeness (QED) is 0.126. The van der Waals surface area contributed by atoms with Crippen LogP contribution in [0, 0.1) is 13.0 Å². The fourth-order valence-corrected chi connectivity index (χ4v) is 5.73. The van der Waals surface area contributed by atoms with Crippen LogP contribution in [0.25, 0.3) is 31.8 Å². The zero-order chi connectivity index (χ0) is 29.1. The number of hydrogen-bond donors (Lipinski definition) is 1. The van der Waals surface area contributed by atoms with E-state index in [2.05, 4.69) is 104 Å². The Balaban J connectivity index is 0.000000623. The first-order valence-corrected chi connectivity index (χ1v) is 14.4. The number of aliphatic hydroxyl groups excluding tert-OH is 1. The number of carbonyl (C=O) groups excluding carboxylic acids is 1. The summed E-state index contributed by atoms with van der Waals surface area (Å²) in [6.07, 6.45) is 3.21. The molecular weight excluding hydrogens is 691 g/mol. The molecule has 0 aliphatic heterocycles. The number of benzene rings is 2. The minimum absolute atomic E-state index is 0. The van der Waals surface area contributed by atoms with E-state index in [9.17, 15) is 4.79 Å². The molecule has 0 atom stereocenters. The fraction of sp³-hybridized carbons (Fsp3) is 0.371. The van der Waals surface area contributed by atoms with Gasteiger partial charge in [0.1, 0.15) is 0 Å². The van der Waals surface area contributed by atoms with Gasteiger partial charge in [0, 0.05) is 37.3 Å². The molecule has 4 rings (SSSR count). The first-order chi connectivity index (χ1) is 18.2. The van der Waals surface area contributed by atoms with E-state index in [1.165, 1.54) is 57.1 Å². The van der Waals surface area contributed by atoms with E-state index in [0.29, 0.717) is 11.8 Å². The van der Waals surface area contributed by atoms with Gasteiger partial charge in [0.15, 0.2) is 5.78 Å². The predicted molar refractivity (Wildman–Crippen MR) is 168 cm³/mol. The molecule has 0 saturated carbocycles. The molecule has 1 N–H and O–H groups in total. The van der Waals surface area contributed by atoms with Crippen LogP contribution < -0.4 is 0 Å². The molecule has 2 heterocycles. The van der Waals surface area contributed by atoms with E-state index >= 15 is 0 Å². The van der Waals surface area contributed by atoms with Crippen molar-refractivity contribution in [2.45, 2.75) is 86.5 Å². The molecule has 0 spiro atoms. The van der Waals surface area contributed by atoms with Gasteiger partial charge in [-0.15, -0.1) is 46.2 Å². The van der Waals surface area contributed by atoms with Crippen LogP contribution >= 0.6 is 11.3 Å². The molecule has 0 bridgehead atoms. The standard InChI is InChI=1S/C30H34NS.C5H8O2.Ir/c1-18(2)24-10-9-11-25(19(3)4)29(24)27-16-22-15-26(31-17-28(22)32-27)21-12-20(5)13-23(14-21)30(6,7)8;1-4(6)3-5(2)7;/h9-11,13-19H,1-8H3;3,6H,1-2H3;/q-1;;/b;4-3-;. The zero-order valence-corrected chi connectivity index (χ0v) is 28.6. The predicted octanol–water partition coefficient (Wildman–Crippen LogP) is 10.3. The third kappa shape index (κ3) is 8.46. The molecule has 0 fully saturated rings. The van der Waals surface area contributed by atoms with Gasteiger partial charge < -0.3 is 10.1 Å². The SMILES string of the molecule is CC(=O)/C=C(/C)O.Cc1[c-]c(-c2cc3cc(-c4c(C(C)C)cccc4C(C)C)sc3cn2)cc(C(C)(C)C)c1.[Ir]. The normalized spacial score (nSPS) is 11.8. The van der Waals surface area contributed by atoms with E-state index in [0.717, 1.165) is 16.8 Å². The van der Waals surface area contributed by atoms with Crippen LogP contribution in [0.2, 0.25) is 0 Å². The van der Waals surface area contributed by atoms with Gasteiger partial charge >= 0.3 is 0 Å². The second-order valence-corrected chi connectivity index (χ2v) is 13.0. The summed E-state index contributed by atoms with van der Waals surface area (Å²) in [5.41, 5.74) is 8.93. The molecule has 0 saturated heterocycles. The van der Waals surface area contributed by atoms with Gasteiger partial charge in [-0.2, -0.15) is 0 Å². The van der Waals surface area contributed by atoms with Crippen molar-refractivity contribution >= 4 is 27.2 Å². The third-order valence-corrected chi connectivity index (χ3v) is 7.68. The number of hydrogen-bond acceptors (Lipinski definition) is 4. The molecule has 3 nitrogen and oxygen atoms in total. The van der Waals surface area contributed by atoms with Gasteiger partial charge in [-0.05, 0) is 64.9 Å². The summed E-state index contributed by atoms with van der Waals surface area (Å²) < 4.78 is 1.24. The monoisotopic (exact) mass is 733 g/mol. The second-order valence-electron chi connectivity index (χ2n) is 12.0. The smallest absolute Gasteiger partial charge is 0.155 e. The largest absolute Gasteiger partial charge is 0.512 e. The van der Waals surface area contributed by atoms with Crippen molar-refractivity contribution in [1.82, 2.24) is 4.98 Å². The van der Waals surface area contributed by atoms with Gasteiger partial charge in [0.25, 0.3) is 0 Å². The van der Waals surface area contributed by atoms with Gasteiger partial charge in [0.05, 0.1) is 10.5 Å². The van der Waals surface area contributed by atoms with Crippen molar-refractivity contribution in [1.29, 1.82) is 0 Å². The van der Waals surface area contributed by atoms with Crippen molar-refractivity contribution in [3.8, 4) is 21.7 Å². The number of pyridine rings is 1. The van der Waals surface area contributed by atoms with E-state index < -0.39 is 0 Å². The summed E-state index contributed by atoms with van der Waals surface area (Å²) in [6, 6.07) is 19.4. The molecule has 40 heavy (non-hydrogen) atoms. The molecule has 2 aromatic heterocycles. The first-order valence-electron chi connectivity index (χ1n) is 13.6. The number of thiophene rings is 1. The Bertz CT molecular complexity index is 1480. The number of allylic oxidation sites excluding steroid dienone is 2. The Kier molecular flexibility index (Phi) is 11.6. The van der Waals surface area contributed by atoms with E-state index in [4.69, 9.17) is 10.1 Å². The van der Waals surface area contributed by atoms with Crippen molar-refractivity contribution in [2.75, 3.05) is 0 Å². The minimum atomic E-state index is -0.125. The minimum Gasteiger partial charge on any atom is -0.512 e. The summed E-state index contributed by atoms with van der Waals surface area (Å²) in [4.78, 5) is 16.2. The molecule has 215 valence electrons. The Morgan fingerprint density at radius 2 is 1.60 bits per heavy atom. The molecule has 2 aromatic carbocycles. The number of aromatic nitrogens is 1. The summed E-state index contributed by atoms with van der Waals surface area (Å²) in [5.74, 6) is 0.910. The van der Waals surface area contributed by atoms with Crippen LogP contribution in [0.1, 0.15) is 96.4 Å². The molecule has 0 aliphatic carbocycles. The topological polar surface area (TPSA) is 50.2 Å². The average molecular weight is 733 g/mol. The van der Waals surface area contributed by atoms with E-state index in [1.54, 1.807) is 0 Å². The van der Waals surface area contributed by atoms with Crippen LogP contribution in [0.4, 0.5) is 0 Å².